The summed E-state index contributed by atoms with van der Waals surface area (Å²) < 4.78 is 9.83. The van der Waals surface area contributed by atoms with Crippen molar-refractivity contribution in [1.82, 2.24) is 0 Å². The van der Waals surface area contributed by atoms with Crippen LogP contribution in [0.3, 0.4) is 0 Å². The number of carboxylic acid groups (broad SMARTS) is 2. The van der Waals surface area contributed by atoms with Crippen molar-refractivity contribution >= 4 is 23.5 Å². The van der Waals surface area contributed by atoms with E-state index in [9.17, 15) is 39.6 Å². The smallest absolute Gasteiger partial charge is 0.348 e. The highest BCUT2D eigenvalue weighted by atomic mass is 16.5. The van der Waals surface area contributed by atoms with Crippen LogP contribution in [0, 0.1) is 0 Å². The highest BCUT2D eigenvalue weighted by Gasteiger charge is 2.70. The summed E-state index contributed by atoms with van der Waals surface area (Å²) in [6.07, 6.45) is 0. The van der Waals surface area contributed by atoms with E-state index < -0.39 is 45.8 Å². The first kappa shape index (κ1) is 22.5. The van der Waals surface area contributed by atoms with Gasteiger partial charge >= 0.3 is 11.9 Å². The molecule has 158 valence electrons. The number of ether oxygens (including phenoxy) is 2. The Morgan fingerprint density at radius 3 is 1.30 bits per heavy atom. The fraction of sp³-hybridized carbons (Fsp3) is 0.200. The molecular weight excluding hydrogens is 400 g/mol. The fourth-order valence-corrected chi connectivity index (χ4v) is 2.78. The number of aliphatic carboxylic acids is 2. The number of benzene rings is 2. The van der Waals surface area contributed by atoms with Crippen LogP contribution in [-0.4, -0.2) is 69.4 Å². The maximum Gasteiger partial charge on any atom is 0.348 e. The zero-order chi connectivity index (χ0) is 22.7. The average molecular weight is 418 g/mol. The third-order valence-corrected chi connectivity index (χ3v) is 4.46. The lowest BCUT2D eigenvalue weighted by atomic mass is 9.73. The number of carbonyl (C=O) groups excluding carboxylic acids is 2. The maximum absolute atomic E-state index is 12.9. The largest absolute Gasteiger partial charge is 0.497 e. The molecule has 0 aliphatic heterocycles. The second-order valence-corrected chi connectivity index (χ2v) is 6.15. The Labute approximate surface area is 169 Å². The zero-order valence-electron chi connectivity index (χ0n) is 15.9. The summed E-state index contributed by atoms with van der Waals surface area (Å²) in [6, 6.07) is 9.54. The van der Waals surface area contributed by atoms with Crippen LogP contribution in [0.4, 0.5) is 0 Å². The number of carboxylic acids is 2. The second kappa shape index (κ2) is 8.31. The summed E-state index contributed by atoms with van der Waals surface area (Å²) in [4.78, 5) is 49.6. The minimum atomic E-state index is -4.06. The van der Waals surface area contributed by atoms with E-state index in [4.69, 9.17) is 9.47 Å². The van der Waals surface area contributed by atoms with Gasteiger partial charge in [0.15, 0.2) is 0 Å². The average Bonchev–Trinajstić information content (AvgIpc) is 2.76. The molecule has 2 rings (SSSR count). The molecule has 0 radical (unpaired) electrons. The van der Waals surface area contributed by atoms with E-state index in [0.29, 0.717) is 0 Å². The molecule has 0 heterocycles. The Hall–Kier alpha value is -3.76. The van der Waals surface area contributed by atoms with Crippen molar-refractivity contribution < 1.29 is 49.1 Å². The highest BCUT2D eigenvalue weighted by molar-refractivity contribution is 6.28. The minimum Gasteiger partial charge on any atom is -0.497 e. The van der Waals surface area contributed by atoms with Crippen molar-refractivity contribution in [3.8, 4) is 11.5 Å². The Balaban J connectivity index is 2.72. The molecule has 30 heavy (non-hydrogen) atoms. The highest BCUT2D eigenvalue weighted by Crippen LogP contribution is 2.33. The quantitative estimate of drug-likeness (QED) is 0.330. The number of rotatable bonds is 9. The Morgan fingerprint density at radius 1 is 0.700 bits per heavy atom. The van der Waals surface area contributed by atoms with Crippen molar-refractivity contribution in [2.45, 2.75) is 11.2 Å². The molecule has 0 bridgehead atoms. The van der Waals surface area contributed by atoms with E-state index in [1.54, 1.807) is 0 Å². The van der Waals surface area contributed by atoms with Crippen molar-refractivity contribution in [1.29, 1.82) is 0 Å². The van der Waals surface area contributed by atoms with Gasteiger partial charge in [-0.1, -0.05) is 24.3 Å². The molecule has 2 atom stereocenters. The molecule has 0 unspecified atom stereocenters. The van der Waals surface area contributed by atoms with Crippen molar-refractivity contribution in [2.24, 2.45) is 0 Å². The number of aliphatic hydroxyl groups is 2. The summed E-state index contributed by atoms with van der Waals surface area (Å²) in [7, 11) is 2.51. The van der Waals surface area contributed by atoms with Crippen LogP contribution in [0.15, 0.2) is 48.5 Å². The van der Waals surface area contributed by atoms with Gasteiger partial charge in [-0.15, -0.1) is 0 Å². The summed E-state index contributed by atoms with van der Waals surface area (Å²) in [5.74, 6) is -8.14. The number of Topliss-reactive ketones (excluding diaryl/α,β-unsaturated/α-hetero) is 2. The standard InChI is InChI=1S/C20H18O10/c1-29-13-7-3-5-11(9-13)15(21)19(27,17(23)24)20(28,18(25)26)16(22)12-6-4-8-14(10-12)30-2/h3-10,27-28H,1-2H3,(H,23,24)(H,25,26)/t19-,20-/m0/s1. The normalized spacial score (nSPS) is 14.7. The van der Waals surface area contributed by atoms with Gasteiger partial charge in [0.05, 0.1) is 14.2 Å². The third kappa shape index (κ3) is 3.49. The number of carbonyl (C=O) groups is 4. The molecule has 0 aromatic heterocycles. The van der Waals surface area contributed by atoms with Gasteiger partial charge in [-0.05, 0) is 24.3 Å². The van der Waals surface area contributed by atoms with Gasteiger partial charge in [-0.25, -0.2) is 9.59 Å². The van der Waals surface area contributed by atoms with E-state index in [-0.39, 0.29) is 11.5 Å². The third-order valence-electron chi connectivity index (χ3n) is 4.46. The SMILES string of the molecule is COc1cccc(C(=O)[C@](O)(C(=O)O)[C@@](O)(C(=O)O)C(=O)c2cccc(OC)c2)c1. The van der Waals surface area contributed by atoms with E-state index >= 15 is 0 Å². The lowest BCUT2D eigenvalue weighted by Gasteiger charge is -2.34. The lowest BCUT2D eigenvalue weighted by Crippen LogP contribution is -2.71. The van der Waals surface area contributed by atoms with E-state index in [1.807, 2.05) is 0 Å². The van der Waals surface area contributed by atoms with Gasteiger partial charge in [0, 0.05) is 11.1 Å². The summed E-state index contributed by atoms with van der Waals surface area (Å²) in [6.45, 7) is 0. The van der Waals surface area contributed by atoms with Crippen molar-refractivity contribution in [2.75, 3.05) is 14.2 Å². The van der Waals surface area contributed by atoms with Crippen LogP contribution in [-0.2, 0) is 9.59 Å². The van der Waals surface area contributed by atoms with Gasteiger partial charge in [0.25, 0.3) is 11.2 Å². The molecule has 0 spiro atoms. The fourth-order valence-electron chi connectivity index (χ4n) is 2.78. The van der Waals surface area contributed by atoms with Crippen LogP contribution >= 0.6 is 0 Å². The minimum absolute atomic E-state index is 0.0894. The molecule has 0 fully saturated rings. The van der Waals surface area contributed by atoms with Crippen LogP contribution in [0.5, 0.6) is 11.5 Å². The van der Waals surface area contributed by atoms with Gasteiger partial charge < -0.3 is 29.9 Å². The molecule has 10 heteroatoms. The first-order valence-electron chi connectivity index (χ1n) is 8.33. The van der Waals surface area contributed by atoms with E-state index in [0.717, 1.165) is 24.3 Å². The number of hydrogen-bond donors (Lipinski definition) is 4. The number of methoxy groups -OCH3 is 2. The molecule has 0 aliphatic rings. The first-order chi connectivity index (χ1) is 14.0. The molecular formula is C20H18O10. The van der Waals surface area contributed by atoms with Crippen LogP contribution in [0.1, 0.15) is 20.7 Å². The number of ketones is 2. The Bertz CT molecular complexity index is 933. The Kier molecular flexibility index (Phi) is 6.24. The first-order valence-corrected chi connectivity index (χ1v) is 8.33. The number of hydrogen-bond acceptors (Lipinski definition) is 8. The van der Waals surface area contributed by atoms with Crippen molar-refractivity contribution in [3.05, 3.63) is 59.7 Å². The molecule has 0 saturated heterocycles. The van der Waals surface area contributed by atoms with Gasteiger partial charge in [-0.3, -0.25) is 9.59 Å². The molecule has 4 N–H and O–H groups in total. The second-order valence-electron chi connectivity index (χ2n) is 6.15. The lowest BCUT2D eigenvalue weighted by molar-refractivity contribution is -0.187. The zero-order valence-corrected chi connectivity index (χ0v) is 15.9. The Morgan fingerprint density at radius 2 is 1.03 bits per heavy atom. The van der Waals surface area contributed by atoms with Gasteiger partial charge in [0.2, 0.25) is 11.6 Å². The maximum atomic E-state index is 12.9. The summed E-state index contributed by atoms with van der Waals surface area (Å²) in [5, 5.41) is 40.6. The van der Waals surface area contributed by atoms with Gasteiger partial charge in [0.1, 0.15) is 11.5 Å². The van der Waals surface area contributed by atoms with Crippen molar-refractivity contribution in [3.63, 3.8) is 0 Å². The summed E-state index contributed by atoms with van der Waals surface area (Å²) >= 11 is 0. The van der Waals surface area contributed by atoms with Gasteiger partial charge in [-0.2, -0.15) is 0 Å². The predicted octanol–water partition coefficient (Wildman–Crippen LogP) is 0.401. The molecule has 0 amide bonds. The monoisotopic (exact) mass is 418 g/mol. The van der Waals surface area contributed by atoms with Crippen LogP contribution in [0.2, 0.25) is 0 Å². The summed E-state index contributed by atoms with van der Waals surface area (Å²) in [5.41, 5.74) is -9.13. The molecule has 0 saturated carbocycles. The molecule has 10 nitrogen and oxygen atoms in total. The topological polar surface area (TPSA) is 168 Å². The predicted molar refractivity (Wildman–Crippen MR) is 99.8 cm³/mol. The van der Waals surface area contributed by atoms with E-state index in [2.05, 4.69) is 0 Å². The molecule has 2 aromatic rings. The van der Waals surface area contributed by atoms with Crippen LogP contribution < -0.4 is 9.47 Å². The van der Waals surface area contributed by atoms with Crippen LogP contribution in [0.25, 0.3) is 0 Å². The molecule has 2 aromatic carbocycles. The van der Waals surface area contributed by atoms with E-state index in [1.165, 1.54) is 38.5 Å². The molecule has 0 aliphatic carbocycles.